The van der Waals surface area contributed by atoms with Gasteiger partial charge in [-0.25, -0.2) is 4.79 Å². The lowest BCUT2D eigenvalue weighted by atomic mass is 9.85. The van der Waals surface area contributed by atoms with E-state index in [-0.39, 0.29) is 23.6 Å². The largest absolute Gasteiger partial charge is 0.495 e. The molecule has 0 bridgehead atoms. The molecule has 0 saturated carbocycles. The highest BCUT2D eigenvalue weighted by molar-refractivity contribution is 6.26. The first kappa shape index (κ1) is 29.7. The molecule has 2 heterocycles. The van der Waals surface area contributed by atoms with Gasteiger partial charge in [0.1, 0.15) is 11.8 Å². The van der Waals surface area contributed by atoms with Gasteiger partial charge < -0.3 is 19.6 Å². The quantitative estimate of drug-likeness (QED) is 0.287. The zero-order valence-corrected chi connectivity index (χ0v) is 23.1. The molecule has 2 atom stereocenters. The molecule has 4 rings (SSSR count). The maximum Gasteiger partial charge on any atom is 0.335 e. The molecule has 1 amide bonds. The highest BCUT2D eigenvalue weighted by Gasteiger charge is 2.32. The third-order valence-electron chi connectivity index (χ3n) is 6.49. The zero-order chi connectivity index (χ0) is 29.9. The smallest absolute Gasteiger partial charge is 0.335 e. The molecule has 0 aliphatic heterocycles. The van der Waals surface area contributed by atoms with Crippen LogP contribution < -0.4 is 15.6 Å². The number of methoxy groups -OCH3 is 1. The van der Waals surface area contributed by atoms with Crippen molar-refractivity contribution < 1.29 is 32.6 Å². The number of hydrogen-bond acceptors (Lipinski definition) is 7. The van der Waals surface area contributed by atoms with Crippen LogP contribution in [0.3, 0.4) is 0 Å². The maximum atomic E-state index is 13.5. The molecule has 0 fully saturated rings. The summed E-state index contributed by atoms with van der Waals surface area (Å²) < 4.78 is 38.3. The molecule has 1 aromatic carbocycles. The highest BCUT2D eigenvalue weighted by atomic mass is 35.5. The Bertz CT molecular complexity index is 1580. The van der Waals surface area contributed by atoms with E-state index in [1.54, 1.807) is 19.1 Å². The van der Waals surface area contributed by atoms with Crippen molar-refractivity contribution in [1.82, 2.24) is 14.8 Å². The summed E-state index contributed by atoms with van der Waals surface area (Å²) in [5.74, 6) is -2.35. The predicted molar refractivity (Wildman–Crippen MR) is 147 cm³/mol. The average molecular weight is 589 g/mol. The lowest BCUT2D eigenvalue weighted by molar-refractivity contribution is -0.119. The molecule has 1 aliphatic carbocycles. The molecule has 2 unspecified atom stereocenters. The molecular formula is C28H27ClF2N4O6. The number of carbonyl (C=O) groups excluding carboxylic acids is 1. The van der Waals surface area contributed by atoms with Gasteiger partial charge in [0.15, 0.2) is 0 Å². The minimum Gasteiger partial charge on any atom is -0.495 e. The molecule has 0 radical (unpaired) electrons. The molecule has 2 N–H and O–H groups in total. The summed E-state index contributed by atoms with van der Waals surface area (Å²) in [5, 5.41) is 19.0. The van der Waals surface area contributed by atoms with Crippen molar-refractivity contribution in [2.45, 2.75) is 50.5 Å². The van der Waals surface area contributed by atoms with Crippen LogP contribution in [0.25, 0.3) is 11.1 Å². The number of ether oxygens (including phenoxy) is 1. The van der Waals surface area contributed by atoms with Gasteiger partial charge >= 0.3 is 12.4 Å². The molecule has 10 nitrogen and oxygen atoms in total. The number of aromatic nitrogens is 3. The van der Waals surface area contributed by atoms with Gasteiger partial charge in [-0.15, -0.1) is 21.8 Å². The van der Waals surface area contributed by atoms with Crippen LogP contribution in [0.2, 0.25) is 0 Å². The monoisotopic (exact) mass is 588 g/mol. The number of carboxylic acid groups (broad SMARTS) is 1. The molecule has 0 spiro atoms. The van der Waals surface area contributed by atoms with E-state index in [0.29, 0.717) is 35.2 Å². The van der Waals surface area contributed by atoms with Gasteiger partial charge in [0.2, 0.25) is 11.8 Å². The summed E-state index contributed by atoms with van der Waals surface area (Å²) in [5.41, 5.74) is 1.01. The highest BCUT2D eigenvalue weighted by Crippen LogP contribution is 2.43. The Morgan fingerprint density at radius 1 is 1.27 bits per heavy atom. The SMILES string of the molecule is CCCC(C(=O)Nc1ccc(C(=O)O)cc1)n1cc(OC)c(C2=C(c3nnc(C(F)F)o3)C=CC(C)(Cl)C2)cc1=O. The van der Waals surface area contributed by atoms with Crippen LogP contribution in [-0.2, 0) is 4.79 Å². The second-order valence-corrected chi connectivity index (χ2v) is 10.5. The molecule has 1 aliphatic rings. The Morgan fingerprint density at radius 3 is 2.56 bits per heavy atom. The van der Waals surface area contributed by atoms with E-state index in [4.69, 9.17) is 25.9 Å². The molecule has 2 aromatic heterocycles. The number of amides is 1. The van der Waals surface area contributed by atoms with Crippen molar-refractivity contribution in [3.8, 4) is 5.75 Å². The van der Waals surface area contributed by atoms with Crippen LogP contribution in [0, 0.1) is 0 Å². The number of hydrogen-bond donors (Lipinski definition) is 2. The number of aromatic carboxylic acids is 1. The number of allylic oxidation sites excluding steroid dienone is 4. The van der Waals surface area contributed by atoms with Crippen molar-refractivity contribution >= 4 is 40.3 Å². The zero-order valence-electron chi connectivity index (χ0n) is 22.4. The number of rotatable bonds is 10. The second-order valence-electron chi connectivity index (χ2n) is 9.60. The third kappa shape index (κ3) is 6.54. The summed E-state index contributed by atoms with van der Waals surface area (Å²) in [6, 6.07) is 6.01. The number of nitrogens with zero attached hydrogens (tertiary/aromatic N) is 3. The fraction of sp³-hybridized carbons (Fsp3) is 0.321. The van der Waals surface area contributed by atoms with Crippen LogP contribution in [0.1, 0.15) is 73.3 Å². The minimum atomic E-state index is -2.96. The fourth-order valence-electron chi connectivity index (χ4n) is 4.49. The number of pyridine rings is 1. The molecule has 13 heteroatoms. The van der Waals surface area contributed by atoms with Crippen molar-refractivity contribution in [3.05, 3.63) is 81.9 Å². The molecule has 216 valence electrons. The van der Waals surface area contributed by atoms with Crippen molar-refractivity contribution in [1.29, 1.82) is 0 Å². The number of halogens is 3. The lowest BCUT2D eigenvalue weighted by Crippen LogP contribution is -2.33. The van der Waals surface area contributed by atoms with E-state index in [2.05, 4.69) is 15.5 Å². The first-order valence-electron chi connectivity index (χ1n) is 12.6. The van der Waals surface area contributed by atoms with Gasteiger partial charge in [-0.2, -0.15) is 8.78 Å². The van der Waals surface area contributed by atoms with Gasteiger partial charge in [-0.3, -0.25) is 14.2 Å². The fourth-order valence-corrected chi connectivity index (χ4v) is 4.69. The van der Waals surface area contributed by atoms with Gasteiger partial charge in [0, 0.05) is 22.9 Å². The molecule has 3 aromatic rings. The Balaban J connectivity index is 1.76. The van der Waals surface area contributed by atoms with Gasteiger partial charge in [0.05, 0.1) is 23.7 Å². The van der Waals surface area contributed by atoms with Crippen molar-refractivity contribution in [3.63, 3.8) is 0 Å². The van der Waals surface area contributed by atoms with Crippen LogP contribution >= 0.6 is 11.6 Å². The molecule has 41 heavy (non-hydrogen) atoms. The summed E-state index contributed by atoms with van der Waals surface area (Å²) in [4.78, 5) is 37.0. The summed E-state index contributed by atoms with van der Waals surface area (Å²) >= 11 is 6.61. The van der Waals surface area contributed by atoms with E-state index in [0.717, 1.165) is 0 Å². The summed E-state index contributed by atoms with van der Waals surface area (Å²) in [6.07, 6.45) is 2.76. The van der Waals surface area contributed by atoms with Gasteiger partial charge in [-0.05, 0) is 49.6 Å². The standard InChI is InChI=1S/C28H27ClF2N4O6/c1-4-5-20(24(37)32-16-8-6-15(7-9-16)27(38)39)35-14-21(40-3)18(12-22(35)36)19-13-28(2,29)11-10-17(19)25-33-34-26(41-25)23(30)31/h6-12,14,20,23H,4-5,13H2,1-3H3,(H,32,37)(H,38,39). The number of alkyl halides is 3. The van der Waals surface area contributed by atoms with Crippen LogP contribution in [0.5, 0.6) is 5.75 Å². The van der Waals surface area contributed by atoms with E-state index in [1.807, 2.05) is 6.92 Å². The Kier molecular flexibility index (Phi) is 8.72. The summed E-state index contributed by atoms with van der Waals surface area (Å²) in [7, 11) is 1.40. The van der Waals surface area contributed by atoms with E-state index in [9.17, 15) is 23.2 Å². The topological polar surface area (TPSA) is 137 Å². The van der Waals surface area contributed by atoms with Gasteiger partial charge in [-0.1, -0.05) is 25.5 Å². The lowest BCUT2D eigenvalue weighted by Gasteiger charge is -2.27. The Hall–Kier alpha value is -4.32. The maximum absolute atomic E-state index is 13.5. The van der Waals surface area contributed by atoms with Crippen LogP contribution in [0.15, 0.2) is 57.9 Å². The average Bonchev–Trinajstić information content (AvgIpc) is 3.42. The van der Waals surface area contributed by atoms with E-state index < -0.39 is 40.7 Å². The van der Waals surface area contributed by atoms with Crippen LogP contribution in [0.4, 0.5) is 14.5 Å². The number of anilines is 1. The van der Waals surface area contributed by atoms with Crippen molar-refractivity contribution in [2.24, 2.45) is 0 Å². The normalized spacial score (nSPS) is 17.5. The molecular weight excluding hydrogens is 562 g/mol. The Labute approximate surface area is 238 Å². The summed E-state index contributed by atoms with van der Waals surface area (Å²) in [6.45, 7) is 3.61. The van der Waals surface area contributed by atoms with Crippen LogP contribution in [-0.4, -0.2) is 43.7 Å². The van der Waals surface area contributed by atoms with Crippen molar-refractivity contribution in [2.75, 3.05) is 12.4 Å². The first-order valence-corrected chi connectivity index (χ1v) is 13.0. The number of carboxylic acids is 1. The van der Waals surface area contributed by atoms with Gasteiger partial charge in [0.25, 0.3) is 11.4 Å². The predicted octanol–water partition coefficient (Wildman–Crippen LogP) is 5.72. The third-order valence-corrected chi connectivity index (χ3v) is 6.75. The minimum absolute atomic E-state index is 0.0647. The Morgan fingerprint density at radius 2 is 1.98 bits per heavy atom. The number of carbonyl (C=O) groups is 2. The van der Waals surface area contributed by atoms with E-state index >= 15 is 0 Å². The number of benzene rings is 1. The van der Waals surface area contributed by atoms with E-state index in [1.165, 1.54) is 48.2 Å². The molecule has 0 saturated heterocycles. The number of nitrogens with one attached hydrogen (secondary N) is 1. The first-order chi connectivity index (χ1) is 19.4. The second kappa shape index (κ2) is 12.0.